The molecule has 10 heteroatoms. The number of rotatable bonds is 6. The molecule has 2 aromatic heterocycles. The van der Waals surface area contributed by atoms with Gasteiger partial charge in [-0.25, -0.2) is 0 Å². The average molecular weight is 467 g/mol. The first-order valence-electron chi connectivity index (χ1n) is 10.7. The number of likely N-dealkylation sites (tertiary alicyclic amines) is 1. The van der Waals surface area contributed by atoms with Crippen molar-refractivity contribution in [3.05, 3.63) is 65.7 Å². The quantitative estimate of drug-likeness (QED) is 0.537. The molecule has 1 aliphatic heterocycles. The van der Waals surface area contributed by atoms with Crippen molar-refractivity contribution in [2.45, 2.75) is 42.8 Å². The molecule has 0 bridgehead atoms. The molecule has 1 unspecified atom stereocenters. The van der Waals surface area contributed by atoms with Crippen LogP contribution >= 0.6 is 11.8 Å². The number of thioether (sulfide) groups is 1. The molecule has 1 aliphatic rings. The highest BCUT2D eigenvalue weighted by molar-refractivity contribution is 7.99. The molecule has 172 valence electrons. The number of nitrogens with zero attached hydrogens (tertiary/aromatic N) is 5. The molecule has 1 saturated heterocycles. The van der Waals surface area contributed by atoms with Gasteiger partial charge in [-0.3, -0.25) is 14.6 Å². The summed E-state index contributed by atoms with van der Waals surface area (Å²) in [6, 6.07) is 10.6. The number of benzene rings is 1. The lowest BCUT2D eigenvalue weighted by Gasteiger charge is -2.21. The Morgan fingerprint density at radius 3 is 2.79 bits per heavy atom. The lowest BCUT2D eigenvalue weighted by atomic mass is 10.1. The maximum Gasteiger partial charge on any atom is 0.274 e. The lowest BCUT2D eigenvalue weighted by Crippen LogP contribution is -2.34. The number of carbonyl (C=O) groups excluding carboxylic acids is 2. The fraction of sp³-hybridized carbons (Fsp3) is 0.348. The van der Waals surface area contributed by atoms with Crippen LogP contribution in [0.5, 0.6) is 0 Å². The van der Waals surface area contributed by atoms with Crippen molar-refractivity contribution in [2.24, 2.45) is 7.05 Å². The zero-order valence-corrected chi connectivity index (χ0v) is 19.5. The number of anilines is 1. The lowest BCUT2D eigenvalue weighted by molar-refractivity contribution is 0.0726. The van der Waals surface area contributed by atoms with Gasteiger partial charge in [0.2, 0.25) is 0 Å². The zero-order chi connectivity index (χ0) is 23.5. The van der Waals surface area contributed by atoms with E-state index in [9.17, 15) is 14.7 Å². The number of hydrogen-bond donors (Lipinski definition) is 2. The molecule has 9 nitrogen and oxygen atoms in total. The number of amides is 2. The summed E-state index contributed by atoms with van der Waals surface area (Å²) in [4.78, 5) is 31.5. The van der Waals surface area contributed by atoms with Crippen LogP contribution in [-0.4, -0.2) is 60.3 Å². The Morgan fingerprint density at radius 2 is 2.09 bits per heavy atom. The van der Waals surface area contributed by atoms with Crippen molar-refractivity contribution in [2.75, 3.05) is 11.9 Å². The molecule has 2 amide bonds. The molecule has 33 heavy (non-hydrogen) atoms. The van der Waals surface area contributed by atoms with Crippen molar-refractivity contribution < 1.29 is 14.7 Å². The smallest absolute Gasteiger partial charge is 0.274 e. The number of aryl methyl sites for hydroxylation is 1. The van der Waals surface area contributed by atoms with Gasteiger partial charge in [0.25, 0.3) is 11.8 Å². The molecule has 3 atom stereocenters. The number of hydrogen-bond acceptors (Lipinski definition) is 7. The van der Waals surface area contributed by atoms with Crippen molar-refractivity contribution in [3.63, 3.8) is 0 Å². The zero-order valence-electron chi connectivity index (χ0n) is 18.7. The van der Waals surface area contributed by atoms with E-state index in [4.69, 9.17) is 0 Å². The summed E-state index contributed by atoms with van der Waals surface area (Å²) in [5.74, 6) is -0.614. The highest BCUT2D eigenvalue weighted by Crippen LogP contribution is 2.34. The Balaban J connectivity index is 1.45. The molecule has 4 rings (SSSR count). The summed E-state index contributed by atoms with van der Waals surface area (Å²) in [6.07, 6.45) is 3.14. The first-order valence-corrected chi connectivity index (χ1v) is 11.6. The molecule has 1 aromatic carbocycles. The second kappa shape index (κ2) is 9.72. The van der Waals surface area contributed by atoms with Crippen LogP contribution in [0.15, 0.2) is 54.1 Å². The van der Waals surface area contributed by atoms with Gasteiger partial charge in [0.1, 0.15) is 12.0 Å². The molecule has 0 aliphatic carbocycles. The van der Waals surface area contributed by atoms with Crippen LogP contribution in [0.4, 0.5) is 5.69 Å². The molecule has 3 aromatic rings. The van der Waals surface area contributed by atoms with E-state index in [0.29, 0.717) is 24.2 Å². The van der Waals surface area contributed by atoms with E-state index in [1.165, 1.54) is 12.3 Å². The van der Waals surface area contributed by atoms with E-state index in [-0.39, 0.29) is 22.9 Å². The molecular weight excluding hydrogens is 440 g/mol. The number of nitrogens with one attached hydrogen (secondary N) is 1. The Labute approximate surface area is 196 Å². The highest BCUT2D eigenvalue weighted by atomic mass is 32.2. The van der Waals surface area contributed by atoms with Gasteiger partial charge < -0.3 is 19.9 Å². The third kappa shape index (κ3) is 5.23. The van der Waals surface area contributed by atoms with Crippen molar-refractivity contribution in [1.29, 1.82) is 0 Å². The third-order valence-corrected chi connectivity index (χ3v) is 6.83. The summed E-state index contributed by atoms with van der Waals surface area (Å²) < 4.78 is 1.86. The number of aliphatic hydroxyl groups excluding tert-OH is 1. The van der Waals surface area contributed by atoms with E-state index in [1.807, 2.05) is 42.8 Å². The maximum absolute atomic E-state index is 12.9. The fourth-order valence-corrected chi connectivity index (χ4v) is 4.72. The minimum atomic E-state index is -0.518. The normalized spacial score (nSPS) is 18.8. The predicted octanol–water partition coefficient (Wildman–Crippen LogP) is 2.91. The van der Waals surface area contributed by atoms with Gasteiger partial charge in [0.05, 0.1) is 6.10 Å². The fourth-order valence-electron chi connectivity index (χ4n) is 3.81. The number of pyridine rings is 1. The standard InChI is InChI=1S/C23H26N6O3S/c1-14-9-19(30)12-29(14)22(32)17-7-8-24-20(11-17)21(31)26-18-6-4-5-16(10-18)15(2)33-23-27-25-13-28(23)3/h4-8,10-11,13-15,19,30H,9,12H2,1-3H3,(H,26,31)/t14-,15?,19-/m0/s1. The van der Waals surface area contributed by atoms with E-state index in [2.05, 4.69) is 27.4 Å². The Kier molecular flexibility index (Phi) is 6.75. The first-order chi connectivity index (χ1) is 15.8. The monoisotopic (exact) mass is 466 g/mol. The van der Waals surface area contributed by atoms with Crippen LogP contribution in [0.25, 0.3) is 0 Å². The predicted molar refractivity (Wildman–Crippen MR) is 125 cm³/mol. The molecule has 0 saturated carbocycles. The number of aliphatic hydroxyl groups is 1. The van der Waals surface area contributed by atoms with Gasteiger partial charge in [0, 0.05) is 42.3 Å². The SMILES string of the molecule is CC(Sc1nncn1C)c1cccc(NC(=O)c2cc(C(=O)N3C[C@@H](O)C[C@@H]3C)ccn2)c1. The average Bonchev–Trinajstić information content (AvgIpc) is 3.37. The number of carbonyl (C=O) groups is 2. The van der Waals surface area contributed by atoms with Crippen LogP contribution in [0.3, 0.4) is 0 Å². The van der Waals surface area contributed by atoms with Crippen LogP contribution in [-0.2, 0) is 7.05 Å². The van der Waals surface area contributed by atoms with Gasteiger partial charge in [0.15, 0.2) is 5.16 Å². The minimum absolute atomic E-state index is 0.0536. The van der Waals surface area contributed by atoms with E-state index < -0.39 is 12.0 Å². The van der Waals surface area contributed by atoms with Gasteiger partial charge in [-0.1, -0.05) is 23.9 Å². The van der Waals surface area contributed by atoms with Crippen LogP contribution < -0.4 is 5.32 Å². The summed E-state index contributed by atoms with van der Waals surface area (Å²) in [7, 11) is 1.89. The largest absolute Gasteiger partial charge is 0.391 e. The van der Waals surface area contributed by atoms with Crippen molar-refractivity contribution >= 4 is 29.3 Å². The van der Waals surface area contributed by atoms with Gasteiger partial charge >= 0.3 is 0 Å². The van der Waals surface area contributed by atoms with Crippen molar-refractivity contribution in [1.82, 2.24) is 24.6 Å². The van der Waals surface area contributed by atoms with E-state index in [0.717, 1.165) is 10.7 Å². The summed E-state index contributed by atoms with van der Waals surface area (Å²) in [5.41, 5.74) is 2.19. The van der Waals surface area contributed by atoms with E-state index >= 15 is 0 Å². The third-order valence-electron chi connectivity index (χ3n) is 5.62. The summed E-state index contributed by atoms with van der Waals surface area (Å²) in [5, 5.41) is 21.6. The second-order valence-corrected chi connectivity index (χ2v) is 9.50. The minimum Gasteiger partial charge on any atom is -0.391 e. The van der Waals surface area contributed by atoms with Gasteiger partial charge in [-0.05, 0) is 50.1 Å². The van der Waals surface area contributed by atoms with Crippen molar-refractivity contribution in [3.8, 4) is 0 Å². The second-order valence-electron chi connectivity index (χ2n) is 8.19. The van der Waals surface area contributed by atoms with Crippen LogP contribution in [0.1, 0.15) is 51.9 Å². The number of β-amino-alcohol motifs (C(OH)–C–C–N with tert-alkyl or cyclic N) is 1. The maximum atomic E-state index is 12.9. The van der Waals surface area contributed by atoms with Gasteiger partial charge in [-0.15, -0.1) is 10.2 Å². The first kappa shape index (κ1) is 22.9. The molecular formula is C23H26N6O3S. The van der Waals surface area contributed by atoms with Crippen LogP contribution in [0.2, 0.25) is 0 Å². The topological polar surface area (TPSA) is 113 Å². The van der Waals surface area contributed by atoms with E-state index in [1.54, 1.807) is 29.1 Å². The summed E-state index contributed by atoms with van der Waals surface area (Å²) >= 11 is 1.58. The molecule has 3 heterocycles. The Bertz CT molecular complexity index is 1170. The molecule has 0 radical (unpaired) electrons. The molecule has 1 fully saturated rings. The Hall–Kier alpha value is -3.24. The van der Waals surface area contributed by atoms with Gasteiger partial charge in [-0.2, -0.15) is 0 Å². The Morgan fingerprint density at radius 1 is 1.27 bits per heavy atom. The van der Waals surface area contributed by atoms with Crippen LogP contribution in [0, 0.1) is 0 Å². The number of aromatic nitrogens is 4. The molecule has 0 spiro atoms. The molecule has 2 N–H and O–H groups in total. The highest BCUT2D eigenvalue weighted by Gasteiger charge is 2.32. The summed E-state index contributed by atoms with van der Waals surface area (Å²) in [6.45, 7) is 4.26.